The Morgan fingerprint density at radius 3 is 2.43 bits per heavy atom. The number of alkyl halides is 3. The number of benzene rings is 3. The Labute approximate surface area is 268 Å². The highest BCUT2D eigenvalue weighted by Crippen LogP contribution is 2.36. The van der Waals surface area contributed by atoms with Gasteiger partial charge in [-0.3, -0.25) is 9.69 Å². The predicted molar refractivity (Wildman–Crippen MR) is 170 cm³/mol. The Balaban J connectivity index is 1.32. The summed E-state index contributed by atoms with van der Waals surface area (Å²) in [5.41, 5.74) is -2.04. The van der Waals surface area contributed by atoms with Gasteiger partial charge in [-0.15, -0.1) is 5.10 Å². The maximum absolute atomic E-state index is 15.1. The lowest BCUT2D eigenvalue weighted by atomic mass is 9.99. The van der Waals surface area contributed by atoms with Crippen LogP contribution >= 0.6 is 11.8 Å². The molecule has 46 heavy (non-hydrogen) atoms. The molecule has 240 valence electrons. The molecule has 10 nitrogen and oxygen atoms in total. The van der Waals surface area contributed by atoms with Gasteiger partial charge in [-0.1, -0.05) is 31.7 Å². The van der Waals surface area contributed by atoms with Crippen LogP contribution in [0.25, 0.3) is 17.1 Å². The van der Waals surface area contributed by atoms with Gasteiger partial charge in [0.15, 0.2) is 21.8 Å². The van der Waals surface area contributed by atoms with Crippen molar-refractivity contribution in [2.24, 2.45) is 4.99 Å². The van der Waals surface area contributed by atoms with Crippen LogP contribution in [0.1, 0.15) is 25.3 Å². The molecule has 1 fully saturated rings. The summed E-state index contributed by atoms with van der Waals surface area (Å²) in [6.07, 6.45) is 1.29. The zero-order valence-corrected chi connectivity index (χ0v) is 26.5. The third-order valence-electron chi connectivity index (χ3n) is 6.84. The van der Waals surface area contributed by atoms with Crippen LogP contribution in [0, 0.1) is 5.82 Å². The molecule has 1 aliphatic heterocycles. The quantitative estimate of drug-likeness (QED) is 0.221. The van der Waals surface area contributed by atoms with Crippen LogP contribution in [0.5, 0.6) is 0 Å². The normalized spacial score (nSPS) is 15.1. The number of amides is 3. The monoisotopic (exact) mass is 673 g/mol. The molecule has 16 heteroatoms. The van der Waals surface area contributed by atoms with Crippen molar-refractivity contribution in [2.75, 3.05) is 35.0 Å². The third kappa shape index (κ3) is 6.97. The number of aromatic nitrogens is 3. The van der Waals surface area contributed by atoms with Crippen molar-refractivity contribution >= 4 is 56.7 Å². The van der Waals surface area contributed by atoms with E-state index in [0.29, 0.717) is 11.4 Å². The zero-order chi connectivity index (χ0) is 33.3. The average molecular weight is 674 g/mol. The van der Waals surface area contributed by atoms with Crippen molar-refractivity contribution in [1.29, 1.82) is 0 Å². The van der Waals surface area contributed by atoms with Gasteiger partial charge in [-0.25, -0.2) is 23.1 Å². The Hall–Kier alpha value is -4.57. The van der Waals surface area contributed by atoms with Crippen LogP contribution in [0.15, 0.2) is 76.9 Å². The summed E-state index contributed by atoms with van der Waals surface area (Å²) >= 11 is 1.11. The van der Waals surface area contributed by atoms with E-state index < -0.39 is 33.1 Å². The van der Waals surface area contributed by atoms with E-state index in [1.165, 1.54) is 40.2 Å². The molecule has 1 N–H and O–H groups in total. The van der Waals surface area contributed by atoms with Crippen LogP contribution in [0.4, 0.5) is 39.4 Å². The van der Waals surface area contributed by atoms with E-state index in [1.807, 2.05) is 51.0 Å². The Kier molecular flexibility index (Phi) is 9.30. The molecule has 0 bridgehead atoms. The topological polar surface area (TPSA) is 113 Å². The van der Waals surface area contributed by atoms with Crippen molar-refractivity contribution < 1.29 is 31.4 Å². The SMILES string of the molecule is CC(C)c1ccc(N(C)C)cc1N1C(=O)CS/C1=N\C(=O)Nc1ccc(-c2ncn(-c3ccc(S(=O)C(F)(F)F)cc3)n2)cc1F. The maximum atomic E-state index is 15.1. The largest absolute Gasteiger partial charge is 0.475 e. The number of nitrogens with zero attached hydrogens (tertiary/aromatic N) is 6. The molecule has 1 saturated heterocycles. The third-order valence-corrected chi connectivity index (χ3v) is 8.89. The van der Waals surface area contributed by atoms with Crippen LogP contribution in [0.2, 0.25) is 0 Å². The molecule has 1 aromatic heterocycles. The Morgan fingerprint density at radius 2 is 1.80 bits per heavy atom. The number of amidine groups is 1. The molecule has 1 aliphatic rings. The molecule has 0 aliphatic carbocycles. The highest BCUT2D eigenvalue weighted by atomic mass is 32.2. The number of rotatable bonds is 7. The second kappa shape index (κ2) is 13.0. The number of aliphatic imine (C=N–C) groups is 1. The van der Waals surface area contributed by atoms with Crippen molar-refractivity contribution in [2.45, 2.75) is 30.2 Å². The predicted octanol–water partition coefficient (Wildman–Crippen LogP) is 6.56. The fourth-order valence-corrected chi connectivity index (χ4v) is 6.04. The van der Waals surface area contributed by atoms with Crippen LogP contribution in [0.3, 0.4) is 0 Å². The molecule has 0 spiro atoms. The molecule has 0 radical (unpaired) electrons. The number of halogens is 4. The molecule has 3 amide bonds. The summed E-state index contributed by atoms with van der Waals surface area (Å²) in [5.74, 6) is -0.741. The van der Waals surface area contributed by atoms with Crippen molar-refractivity contribution in [3.05, 3.63) is 78.4 Å². The van der Waals surface area contributed by atoms with E-state index in [2.05, 4.69) is 20.4 Å². The molecule has 2 heterocycles. The van der Waals surface area contributed by atoms with Crippen LogP contribution < -0.4 is 15.1 Å². The minimum absolute atomic E-state index is 0.0869. The second-order valence-corrected chi connectivity index (χ2v) is 13.0. The zero-order valence-electron chi connectivity index (χ0n) is 24.9. The first-order valence-corrected chi connectivity index (χ1v) is 15.8. The lowest BCUT2D eigenvalue weighted by Crippen LogP contribution is -2.31. The van der Waals surface area contributed by atoms with Gasteiger partial charge in [0, 0.05) is 30.2 Å². The van der Waals surface area contributed by atoms with E-state index in [4.69, 9.17) is 0 Å². The summed E-state index contributed by atoms with van der Waals surface area (Å²) in [5, 5.41) is 6.83. The van der Waals surface area contributed by atoms with Crippen LogP contribution in [-0.4, -0.2) is 61.4 Å². The molecule has 3 aromatic carbocycles. The van der Waals surface area contributed by atoms with E-state index in [1.54, 1.807) is 0 Å². The molecule has 0 saturated carbocycles. The van der Waals surface area contributed by atoms with Gasteiger partial charge in [-0.2, -0.15) is 18.2 Å². The van der Waals surface area contributed by atoms with Gasteiger partial charge in [0.2, 0.25) is 5.91 Å². The van der Waals surface area contributed by atoms with Gasteiger partial charge in [0.1, 0.15) is 12.1 Å². The number of carbonyl (C=O) groups excluding carboxylic acids is 2. The van der Waals surface area contributed by atoms with Gasteiger partial charge in [0.05, 0.1) is 22.8 Å². The van der Waals surface area contributed by atoms with Crippen molar-refractivity contribution in [3.63, 3.8) is 0 Å². The van der Waals surface area contributed by atoms with Crippen molar-refractivity contribution in [1.82, 2.24) is 14.8 Å². The second-order valence-electron chi connectivity index (χ2n) is 10.6. The highest BCUT2D eigenvalue weighted by molar-refractivity contribution is 8.15. The summed E-state index contributed by atoms with van der Waals surface area (Å²) < 4.78 is 66.1. The van der Waals surface area contributed by atoms with Gasteiger partial charge >= 0.3 is 11.5 Å². The number of urea groups is 1. The average Bonchev–Trinajstić information content (AvgIpc) is 3.64. The maximum Gasteiger partial charge on any atom is 0.475 e. The van der Waals surface area contributed by atoms with E-state index in [0.717, 1.165) is 41.2 Å². The smallest absolute Gasteiger partial charge is 0.378 e. The number of anilines is 3. The first-order valence-electron chi connectivity index (χ1n) is 13.7. The summed E-state index contributed by atoms with van der Waals surface area (Å²) in [4.78, 5) is 37.0. The van der Waals surface area contributed by atoms with Crippen LogP contribution in [-0.2, 0) is 15.6 Å². The minimum atomic E-state index is -4.88. The Morgan fingerprint density at radius 1 is 1.09 bits per heavy atom. The van der Waals surface area contributed by atoms with E-state index in [-0.39, 0.29) is 39.8 Å². The first-order chi connectivity index (χ1) is 21.7. The minimum Gasteiger partial charge on any atom is -0.378 e. The first kappa shape index (κ1) is 32.8. The number of hydrogen-bond acceptors (Lipinski definition) is 7. The van der Waals surface area contributed by atoms with E-state index >= 15 is 4.39 Å². The molecule has 1 atom stereocenters. The van der Waals surface area contributed by atoms with E-state index in [9.17, 15) is 27.0 Å². The number of nitrogens with one attached hydrogen (secondary N) is 1. The fraction of sp³-hybridized carbons (Fsp3) is 0.233. The van der Waals surface area contributed by atoms with Gasteiger partial charge < -0.3 is 10.2 Å². The molecular formula is C30H27F4N7O3S2. The molecule has 1 unspecified atom stereocenters. The Bertz CT molecular complexity index is 1860. The fourth-order valence-electron chi connectivity index (χ4n) is 4.54. The standard InChI is InChI=1S/C30H27F4N7O3S2/c1-17(2)22-11-8-20(39(3)4)14-25(22)41-26(42)15-45-29(41)37-28(43)36-24-12-5-18(13-23(24)31)27-35-16-40(38-27)19-6-9-21(10-7-19)46(44)30(32,33)34/h5-14,16-17H,15H2,1-4H3,(H,36,43)/b37-29-. The highest BCUT2D eigenvalue weighted by Gasteiger charge is 2.38. The summed E-state index contributed by atoms with van der Waals surface area (Å²) in [7, 11) is 0.600. The van der Waals surface area contributed by atoms with Gasteiger partial charge in [0.25, 0.3) is 0 Å². The number of carbonyl (C=O) groups is 2. The number of thioether (sulfide) groups is 1. The lowest BCUT2D eigenvalue weighted by molar-refractivity contribution is -0.115. The summed E-state index contributed by atoms with van der Waals surface area (Å²) in [6, 6.07) is 13.5. The summed E-state index contributed by atoms with van der Waals surface area (Å²) in [6.45, 7) is 4.00. The molecule has 4 aromatic rings. The lowest BCUT2D eigenvalue weighted by Gasteiger charge is -2.24. The molecule has 5 rings (SSSR count). The van der Waals surface area contributed by atoms with Gasteiger partial charge in [-0.05, 0) is 66.1 Å². The number of hydrogen-bond donors (Lipinski definition) is 1. The van der Waals surface area contributed by atoms with Crippen molar-refractivity contribution in [3.8, 4) is 17.1 Å². The molecular weight excluding hydrogens is 647 g/mol.